The van der Waals surface area contributed by atoms with Crippen LogP contribution in [0.1, 0.15) is 67.8 Å². The highest BCUT2D eigenvalue weighted by molar-refractivity contribution is 6.07. The Balaban J connectivity index is 1.08. The van der Waals surface area contributed by atoms with Gasteiger partial charge in [0.2, 0.25) is 0 Å². The van der Waals surface area contributed by atoms with E-state index in [1.807, 2.05) is 35.2 Å². The molecule has 2 saturated heterocycles. The number of fused-ring (bicyclic) bond motifs is 1. The summed E-state index contributed by atoms with van der Waals surface area (Å²) in [6.07, 6.45) is 5.73. The van der Waals surface area contributed by atoms with Crippen LogP contribution in [0.4, 0.5) is 0 Å². The van der Waals surface area contributed by atoms with Crippen LogP contribution in [0.3, 0.4) is 0 Å². The molecule has 2 fully saturated rings. The highest BCUT2D eigenvalue weighted by Crippen LogP contribution is 2.31. The van der Waals surface area contributed by atoms with E-state index in [0.29, 0.717) is 11.3 Å². The molecule has 3 aromatic rings. The quantitative estimate of drug-likeness (QED) is 0.348. The van der Waals surface area contributed by atoms with Gasteiger partial charge in [0.05, 0.1) is 6.61 Å². The zero-order valence-electron chi connectivity index (χ0n) is 21.9. The monoisotopic (exact) mass is 484 g/mol. The zero-order chi connectivity index (χ0) is 25.0. The number of piperidine rings is 2. The summed E-state index contributed by atoms with van der Waals surface area (Å²) in [4.78, 5) is 17.9. The Morgan fingerprint density at radius 1 is 0.944 bits per heavy atom. The minimum Gasteiger partial charge on any atom is -0.494 e. The second-order valence-corrected chi connectivity index (χ2v) is 11.4. The molecule has 0 spiro atoms. The topological polar surface area (TPSA) is 32.8 Å². The largest absolute Gasteiger partial charge is 0.494 e. The summed E-state index contributed by atoms with van der Waals surface area (Å²) in [5.41, 5.74) is 2.63. The van der Waals surface area contributed by atoms with Gasteiger partial charge in [-0.25, -0.2) is 0 Å². The minimum absolute atomic E-state index is 0.155. The summed E-state index contributed by atoms with van der Waals surface area (Å²) in [6, 6.07) is 22.8. The van der Waals surface area contributed by atoms with Crippen LogP contribution in [0.15, 0.2) is 66.7 Å². The Bertz CT molecular complexity index is 1160. The number of benzene rings is 3. The molecule has 0 unspecified atom stereocenters. The van der Waals surface area contributed by atoms with Crippen molar-refractivity contribution < 1.29 is 9.53 Å². The van der Waals surface area contributed by atoms with E-state index >= 15 is 0 Å². The number of carbonyl (C=O) groups is 1. The van der Waals surface area contributed by atoms with Crippen LogP contribution in [-0.4, -0.2) is 55.0 Å². The van der Waals surface area contributed by atoms with Gasteiger partial charge in [-0.1, -0.05) is 62.4 Å². The molecule has 0 atom stereocenters. The molecule has 0 N–H and O–H groups in total. The lowest BCUT2D eigenvalue weighted by atomic mass is 9.84. The molecule has 2 heterocycles. The van der Waals surface area contributed by atoms with Crippen molar-refractivity contribution in [1.29, 1.82) is 0 Å². The number of nitrogens with zero attached hydrogens (tertiary/aromatic N) is 2. The van der Waals surface area contributed by atoms with Gasteiger partial charge in [0.1, 0.15) is 5.75 Å². The number of carbonyl (C=O) groups excluding carboxylic acids is 1. The summed E-state index contributed by atoms with van der Waals surface area (Å²) in [6.45, 7) is 10.7. The molecule has 4 nitrogen and oxygen atoms in total. The third-order valence-corrected chi connectivity index (χ3v) is 8.02. The van der Waals surface area contributed by atoms with E-state index in [4.69, 9.17) is 4.74 Å². The Hall–Kier alpha value is -2.85. The normalized spacial score (nSPS) is 18.9. The maximum atomic E-state index is 13.3. The first-order valence-electron chi connectivity index (χ1n) is 13.7. The van der Waals surface area contributed by atoms with Crippen molar-refractivity contribution in [3.63, 3.8) is 0 Å². The average Bonchev–Trinajstić information content (AvgIpc) is 2.90. The number of amides is 1. The van der Waals surface area contributed by atoms with Crippen LogP contribution < -0.4 is 4.74 Å². The summed E-state index contributed by atoms with van der Waals surface area (Å²) >= 11 is 0. The molecule has 0 aliphatic carbocycles. The van der Waals surface area contributed by atoms with Crippen LogP contribution in [0, 0.1) is 5.41 Å². The Kier molecular flexibility index (Phi) is 7.62. The van der Waals surface area contributed by atoms with Crippen molar-refractivity contribution >= 4 is 16.7 Å². The van der Waals surface area contributed by atoms with Gasteiger partial charge in [0, 0.05) is 31.7 Å². The zero-order valence-corrected chi connectivity index (χ0v) is 21.9. The van der Waals surface area contributed by atoms with Crippen LogP contribution in [0.5, 0.6) is 5.75 Å². The highest BCUT2D eigenvalue weighted by atomic mass is 16.5. The van der Waals surface area contributed by atoms with Crippen LogP contribution in [0.2, 0.25) is 0 Å². The predicted molar refractivity (Wildman–Crippen MR) is 148 cm³/mol. The molecule has 5 rings (SSSR count). The molecular weight excluding hydrogens is 444 g/mol. The van der Waals surface area contributed by atoms with E-state index in [0.717, 1.165) is 67.6 Å². The number of rotatable bonds is 7. The maximum absolute atomic E-state index is 13.3. The van der Waals surface area contributed by atoms with E-state index in [9.17, 15) is 4.79 Å². The van der Waals surface area contributed by atoms with E-state index in [-0.39, 0.29) is 5.91 Å². The van der Waals surface area contributed by atoms with Crippen molar-refractivity contribution in [1.82, 2.24) is 9.80 Å². The number of hydrogen-bond acceptors (Lipinski definition) is 3. The third-order valence-electron chi connectivity index (χ3n) is 8.02. The van der Waals surface area contributed by atoms with Crippen molar-refractivity contribution in [2.75, 3.05) is 39.3 Å². The second kappa shape index (κ2) is 11.0. The fourth-order valence-electron chi connectivity index (χ4n) is 6.05. The van der Waals surface area contributed by atoms with Crippen molar-refractivity contribution in [3.05, 3.63) is 77.9 Å². The maximum Gasteiger partial charge on any atom is 0.254 e. The van der Waals surface area contributed by atoms with E-state index in [1.165, 1.54) is 31.5 Å². The lowest BCUT2D eigenvalue weighted by molar-refractivity contribution is 0.0715. The standard InChI is InChI=1S/C32H40N2O2/c1-32(2)18-6-19-33(24-32)20-7-23-36-28-14-12-25(13-15-28)26-16-21-34(22-17-26)31(35)30-11-5-9-27-8-3-4-10-29(27)30/h3-5,8-15,26H,6-7,16-24H2,1-2H3. The molecule has 4 heteroatoms. The number of hydrogen-bond donors (Lipinski definition) is 0. The van der Waals surface area contributed by atoms with Crippen LogP contribution in [-0.2, 0) is 0 Å². The van der Waals surface area contributed by atoms with Crippen molar-refractivity contribution in [2.24, 2.45) is 5.41 Å². The Morgan fingerprint density at radius 2 is 1.69 bits per heavy atom. The summed E-state index contributed by atoms with van der Waals surface area (Å²) < 4.78 is 6.04. The molecule has 0 radical (unpaired) electrons. The molecular formula is C32H40N2O2. The third kappa shape index (κ3) is 5.92. The molecule has 0 bridgehead atoms. The lowest BCUT2D eigenvalue weighted by Gasteiger charge is -2.38. The lowest BCUT2D eigenvalue weighted by Crippen LogP contribution is -2.40. The Morgan fingerprint density at radius 3 is 2.47 bits per heavy atom. The molecule has 0 saturated carbocycles. The van der Waals surface area contributed by atoms with Gasteiger partial charge < -0.3 is 14.5 Å². The molecule has 36 heavy (non-hydrogen) atoms. The predicted octanol–water partition coefficient (Wildman–Crippen LogP) is 6.75. The second-order valence-electron chi connectivity index (χ2n) is 11.4. The van der Waals surface area contributed by atoms with Gasteiger partial charge in [-0.05, 0) is 84.5 Å². The molecule has 2 aliphatic heterocycles. The number of ether oxygens (including phenoxy) is 1. The first kappa shape index (κ1) is 24.8. The van der Waals surface area contributed by atoms with Gasteiger partial charge in [-0.3, -0.25) is 4.79 Å². The molecule has 1 amide bonds. The van der Waals surface area contributed by atoms with Crippen molar-refractivity contribution in [2.45, 2.75) is 51.9 Å². The molecule has 2 aliphatic rings. The first-order valence-corrected chi connectivity index (χ1v) is 13.7. The fraction of sp³-hybridized carbons (Fsp3) is 0.469. The van der Waals surface area contributed by atoms with Gasteiger partial charge >= 0.3 is 0 Å². The Labute approximate surface area is 216 Å². The van der Waals surface area contributed by atoms with Gasteiger partial charge in [-0.2, -0.15) is 0 Å². The van der Waals surface area contributed by atoms with E-state index < -0.39 is 0 Å². The molecule has 0 aromatic heterocycles. The van der Waals surface area contributed by atoms with Crippen molar-refractivity contribution in [3.8, 4) is 5.75 Å². The van der Waals surface area contributed by atoms with Gasteiger partial charge in [0.25, 0.3) is 5.91 Å². The average molecular weight is 485 g/mol. The smallest absolute Gasteiger partial charge is 0.254 e. The summed E-state index contributed by atoms with van der Waals surface area (Å²) in [7, 11) is 0. The van der Waals surface area contributed by atoms with Crippen LogP contribution >= 0.6 is 0 Å². The minimum atomic E-state index is 0.155. The SMILES string of the molecule is CC1(C)CCCN(CCCOc2ccc(C3CCN(C(=O)c4cccc5ccccc45)CC3)cc2)C1. The highest BCUT2D eigenvalue weighted by Gasteiger charge is 2.26. The van der Waals surface area contributed by atoms with Crippen LogP contribution in [0.25, 0.3) is 10.8 Å². The molecule has 190 valence electrons. The van der Waals surface area contributed by atoms with E-state index in [1.54, 1.807) is 0 Å². The summed E-state index contributed by atoms with van der Waals surface area (Å²) in [5.74, 6) is 1.61. The first-order chi connectivity index (χ1) is 17.5. The fourth-order valence-corrected chi connectivity index (χ4v) is 6.05. The number of likely N-dealkylation sites (tertiary alicyclic amines) is 2. The van der Waals surface area contributed by atoms with Gasteiger partial charge in [0.15, 0.2) is 0 Å². The van der Waals surface area contributed by atoms with Gasteiger partial charge in [-0.15, -0.1) is 0 Å². The summed E-state index contributed by atoms with van der Waals surface area (Å²) in [5, 5.41) is 2.17. The molecule has 3 aromatic carbocycles. The van der Waals surface area contributed by atoms with E-state index in [2.05, 4.69) is 55.1 Å².